The van der Waals surface area contributed by atoms with Gasteiger partial charge in [0.25, 0.3) is 0 Å². The average molecular weight is 381 g/mol. The fraction of sp³-hybridized carbons (Fsp3) is 0.286. The van der Waals surface area contributed by atoms with Crippen LogP contribution in [0.3, 0.4) is 0 Å². The second-order valence-corrected chi connectivity index (χ2v) is 8.83. The average Bonchev–Trinajstić information content (AvgIpc) is 2.90. The van der Waals surface area contributed by atoms with Gasteiger partial charge in [-0.25, -0.2) is 0 Å². The molecule has 0 N–H and O–H groups in total. The first-order valence-corrected chi connectivity index (χ1v) is 10.9. The Balaban J connectivity index is 2.03. The van der Waals surface area contributed by atoms with E-state index in [-0.39, 0.29) is 0 Å². The van der Waals surface area contributed by atoms with E-state index in [2.05, 4.69) is 88.4 Å². The lowest BCUT2D eigenvalue weighted by atomic mass is 9.85. The summed E-state index contributed by atoms with van der Waals surface area (Å²) in [6.07, 6.45) is 0. The van der Waals surface area contributed by atoms with Crippen LogP contribution in [-0.2, 0) is 13.1 Å². The predicted molar refractivity (Wildman–Crippen MR) is 125 cm³/mol. The van der Waals surface area contributed by atoms with Crippen molar-refractivity contribution in [3.63, 3.8) is 0 Å². The molecule has 5 rings (SSSR count). The Labute approximate surface area is 174 Å². The highest BCUT2D eigenvalue weighted by Crippen LogP contribution is 2.45. The number of rotatable bonds is 2. The van der Waals surface area contributed by atoms with E-state index in [1.165, 1.54) is 43.8 Å². The van der Waals surface area contributed by atoms with Gasteiger partial charge in [-0.15, -0.1) is 0 Å². The molecule has 1 aliphatic heterocycles. The van der Waals surface area contributed by atoms with Gasteiger partial charge in [-0.3, -0.25) is 0 Å². The van der Waals surface area contributed by atoms with Crippen molar-refractivity contribution in [3.8, 4) is 11.1 Å². The van der Waals surface area contributed by atoms with Crippen molar-refractivity contribution in [1.82, 2.24) is 0 Å². The first kappa shape index (κ1) is 18.4. The molecule has 0 saturated heterocycles. The standard InChI is InChI=1S/C28H30N/c1-5-29(6-2)17-25-19(3)15-21-11-7-9-13-23(21)27(25)28-24-14-10-8-12-22(24)16-20(4)26(28)18-29/h7-16H,5-6,17-18H2,1-4H3/q+1. The fourth-order valence-corrected chi connectivity index (χ4v) is 5.44. The van der Waals surface area contributed by atoms with E-state index in [1.807, 2.05) is 0 Å². The molecule has 0 atom stereocenters. The molecule has 4 aromatic carbocycles. The van der Waals surface area contributed by atoms with Crippen molar-refractivity contribution in [1.29, 1.82) is 0 Å². The second kappa shape index (κ2) is 6.71. The van der Waals surface area contributed by atoms with Gasteiger partial charge in [-0.05, 0) is 71.5 Å². The van der Waals surface area contributed by atoms with Crippen LogP contribution in [0.1, 0.15) is 36.1 Å². The van der Waals surface area contributed by atoms with Crippen molar-refractivity contribution in [2.45, 2.75) is 40.8 Å². The SMILES string of the molecule is CC[N+]1(CC)Cc2c(C)cc3ccccc3c2-c2c(c(C)cc3ccccc23)C1. The van der Waals surface area contributed by atoms with Crippen LogP contribution in [0.2, 0.25) is 0 Å². The molecule has 0 bridgehead atoms. The number of benzene rings is 4. The molecule has 0 aliphatic carbocycles. The third-order valence-electron chi connectivity index (χ3n) is 7.34. The summed E-state index contributed by atoms with van der Waals surface area (Å²) in [5.74, 6) is 0. The molecule has 0 spiro atoms. The highest BCUT2D eigenvalue weighted by molar-refractivity contribution is 6.08. The highest BCUT2D eigenvalue weighted by Gasteiger charge is 2.34. The van der Waals surface area contributed by atoms with Crippen LogP contribution in [0.25, 0.3) is 32.7 Å². The monoisotopic (exact) mass is 380 g/mol. The van der Waals surface area contributed by atoms with E-state index >= 15 is 0 Å². The molecule has 0 amide bonds. The lowest BCUT2D eigenvalue weighted by molar-refractivity contribution is -0.950. The summed E-state index contributed by atoms with van der Waals surface area (Å²) >= 11 is 0. The van der Waals surface area contributed by atoms with Gasteiger partial charge in [-0.1, -0.05) is 60.7 Å². The molecule has 146 valence electrons. The topological polar surface area (TPSA) is 0 Å². The molecule has 1 aliphatic rings. The Morgan fingerprint density at radius 2 is 1.07 bits per heavy atom. The van der Waals surface area contributed by atoms with Crippen molar-refractivity contribution in [3.05, 3.63) is 82.9 Å². The molecule has 4 aromatic rings. The Bertz CT molecular complexity index is 1150. The van der Waals surface area contributed by atoms with Crippen molar-refractivity contribution in [2.24, 2.45) is 0 Å². The van der Waals surface area contributed by atoms with E-state index < -0.39 is 0 Å². The molecule has 1 heteroatoms. The van der Waals surface area contributed by atoms with Crippen LogP contribution in [-0.4, -0.2) is 17.6 Å². The molecule has 1 nitrogen and oxygen atoms in total. The smallest absolute Gasteiger partial charge is 0.105 e. The first-order chi connectivity index (χ1) is 14.1. The zero-order valence-electron chi connectivity index (χ0n) is 18.0. The van der Waals surface area contributed by atoms with Gasteiger partial charge in [0.2, 0.25) is 0 Å². The number of fused-ring (bicyclic) bond motifs is 7. The summed E-state index contributed by atoms with van der Waals surface area (Å²) in [7, 11) is 0. The quantitative estimate of drug-likeness (QED) is 0.324. The van der Waals surface area contributed by atoms with E-state index in [0.29, 0.717) is 0 Å². The second-order valence-electron chi connectivity index (χ2n) is 8.83. The fourth-order valence-electron chi connectivity index (χ4n) is 5.44. The molecule has 0 saturated carbocycles. The first-order valence-electron chi connectivity index (χ1n) is 10.9. The van der Waals surface area contributed by atoms with Gasteiger partial charge >= 0.3 is 0 Å². The van der Waals surface area contributed by atoms with Crippen LogP contribution in [0.5, 0.6) is 0 Å². The highest BCUT2D eigenvalue weighted by atomic mass is 15.3. The Kier molecular flexibility index (Phi) is 4.26. The van der Waals surface area contributed by atoms with Crippen LogP contribution in [0.4, 0.5) is 0 Å². The molecule has 0 unspecified atom stereocenters. The number of nitrogens with zero attached hydrogens (tertiary/aromatic N) is 1. The molecule has 0 aromatic heterocycles. The maximum atomic E-state index is 2.40. The van der Waals surface area contributed by atoms with Gasteiger partial charge in [-0.2, -0.15) is 0 Å². The third kappa shape index (κ3) is 2.72. The Morgan fingerprint density at radius 3 is 1.48 bits per heavy atom. The van der Waals surface area contributed by atoms with Crippen LogP contribution >= 0.6 is 0 Å². The van der Waals surface area contributed by atoms with Crippen LogP contribution in [0, 0.1) is 13.8 Å². The van der Waals surface area contributed by atoms with Gasteiger partial charge in [0, 0.05) is 11.1 Å². The lowest BCUT2D eigenvalue weighted by Crippen LogP contribution is -2.45. The van der Waals surface area contributed by atoms with E-state index in [1.54, 1.807) is 11.1 Å². The van der Waals surface area contributed by atoms with E-state index in [9.17, 15) is 0 Å². The summed E-state index contributed by atoms with van der Waals surface area (Å²) in [6.45, 7) is 13.9. The van der Waals surface area contributed by atoms with Gasteiger partial charge in [0.15, 0.2) is 0 Å². The van der Waals surface area contributed by atoms with Crippen LogP contribution in [0.15, 0.2) is 60.7 Å². The maximum absolute atomic E-state index is 2.40. The molecule has 0 radical (unpaired) electrons. The molecular weight excluding hydrogens is 350 g/mol. The summed E-state index contributed by atoms with van der Waals surface area (Å²) in [5, 5.41) is 5.51. The number of aryl methyl sites for hydroxylation is 2. The normalized spacial score (nSPS) is 15.2. The minimum absolute atomic E-state index is 1.11. The third-order valence-corrected chi connectivity index (χ3v) is 7.34. The van der Waals surface area contributed by atoms with Crippen LogP contribution < -0.4 is 0 Å². The Morgan fingerprint density at radius 1 is 0.655 bits per heavy atom. The van der Waals surface area contributed by atoms with Gasteiger partial charge in [0.1, 0.15) is 13.1 Å². The number of hydrogen-bond acceptors (Lipinski definition) is 0. The van der Waals surface area contributed by atoms with E-state index in [0.717, 1.165) is 30.7 Å². The Hall–Kier alpha value is -2.64. The minimum Gasteiger partial charge on any atom is -0.317 e. The minimum atomic E-state index is 1.11. The molecular formula is C28H30N+. The number of quaternary nitrogens is 1. The summed E-state index contributed by atoms with van der Waals surface area (Å²) in [4.78, 5) is 0. The lowest BCUT2D eigenvalue weighted by Gasteiger charge is -2.37. The molecule has 0 fully saturated rings. The molecule has 1 heterocycles. The largest absolute Gasteiger partial charge is 0.317 e. The summed E-state index contributed by atoms with van der Waals surface area (Å²) in [6, 6.07) is 22.7. The van der Waals surface area contributed by atoms with Crippen molar-refractivity contribution >= 4 is 21.5 Å². The number of hydrogen-bond donors (Lipinski definition) is 0. The summed E-state index contributed by atoms with van der Waals surface area (Å²) < 4.78 is 1.12. The van der Waals surface area contributed by atoms with Crippen molar-refractivity contribution < 1.29 is 4.48 Å². The summed E-state index contributed by atoms with van der Waals surface area (Å²) in [5.41, 5.74) is 8.92. The van der Waals surface area contributed by atoms with E-state index in [4.69, 9.17) is 0 Å². The van der Waals surface area contributed by atoms with Crippen molar-refractivity contribution in [2.75, 3.05) is 13.1 Å². The maximum Gasteiger partial charge on any atom is 0.105 e. The molecule has 29 heavy (non-hydrogen) atoms. The predicted octanol–water partition coefficient (Wildman–Crippen LogP) is 7.15. The van der Waals surface area contributed by atoms with Gasteiger partial charge < -0.3 is 4.48 Å². The van der Waals surface area contributed by atoms with Gasteiger partial charge in [0.05, 0.1) is 13.1 Å². The zero-order valence-corrected chi connectivity index (χ0v) is 18.0. The zero-order chi connectivity index (χ0) is 20.2.